The topological polar surface area (TPSA) is 151 Å². The molecule has 216 valence electrons. The van der Waals surface area contributed by atoms with Crippen LogP contribution in [0.15, 0.2) is 70.4 Å². The first-order chi connectivity index (χ1) is 19.0. The van der Waals surface area contributed by atoms with Crippen molar-refractivity contribution in [3.8, 4) is 23.0 Å². The lowest BCUT2D eigenvalue weighted by Gasteiger charge is -2.33. The third-order valence-corrected chi connectivity index (χ3v) is 8.03. The van der Waals surface area contributed by atoms with Crippen molar-refractivity contribution in [2.45, 2.75) is 30.5 Å². The average molecular weight is 603 g/mol. The number of aliphatic hydroxyl groups excluding tert-OH is 2. The summed E-state index contributed by atoms with van der Waals surface area (Å²) in [5, 5.41) is 21.3. The van der Waals surface area contributed by atoms with Crippen LogP contribution in [-0.4, -0.2) is 64.8 Å². The Hall–Kier alpha value is -3.33. The predicted octanol–water partition coefficient (Wildman–Crippen LogP) is 2.21. The first-order valence-electron chi connectivity index (χ1n) is 11.6. The van der Waals surface area contributed by atoms with Gasteiger partial charge in [-0.25, -0.2) is 13.6 Å². The number of nitrogens with one attached hydrogen (secondary N) is 1. The highest BCUT2D eigenvalue weighted by atomic mass is 32.5. The Balaban J connectivity index is 1.64. The molecule has 1 saturated heterocycles. The molecule has 4 atom stereocenters. The molecule has 12 nitrogen and oxygen atoms in total. The minimum absolute atomic E-state index is 0.161. The minimum Gasteiger partial charge on any atom is -0.497 e. The number of hydrogen-bond donors (Lipinski definition) is 3. The van der Waals surface area contributed by atoms with Gasteiger partial charge in [-0.3, -0.25) is 18.9 Å². The smallest absolute Gasteiger partial charge is 0.435 e. The molecule has 2 heterocycles. The molecule has 1 aromatic heterocycles. The average Bonchev–Trinajstić information content (AvgIpc) is 3.19. The number of methoxy groups -OCH3 is 2. The lowest BCUT2D eigenvalue weighted by atomic mass is 9.96. The Morgan fingerprint density at radius 3 is 1.93 bits per heavy atom. The molecule has 16 heteroatoms. The summed E-state index contributed by atoms with van der Waals surface area (Å²) in [6.45, 7) is -5.08. The maximum Gasteiger partial charge on any atom is 0.435 e. The number of alkyl halides is 2. The summed E-state index contributed by atoms with van der Waals surface area (Å²) in [6, 6.07) is 13.2. The number of aliphatic hydroxyl groups is 2. The second-order valence-corrected chi connectivity index (χ2v) is 11.3. The number of halogens is 2. The molecule has 0 bridgehead atoms. The Morgan fingerprint density at radius 2 is 1.48 bits per heavy atom. The van der Waals surface area contributed by atoms with Crippen LogP contribution in [-0.2, 0) is 21.1 Å². The number of nitrogens with zero attached hydrogens (tertiary/aromatic N) is 1. The molecule has 1 aliphatic rings. The van der Waals surface area contributed by atoms with Gasteiger partial charge in [0.05, 0.1) is 20.8 Å². The molecular weight excluding hydrogens is 577 g/mol. The van der Waals surface area contributed by atoms with Gasteiger partial charge in [0, 0.05) is 24.1 Å². The highest BCUT2D eigenvalue weighted by molar-refractivity contribution is 8.07. The summed E-state index contributed by atoms with van der Waals surface area (Å²) in [5.41, 5.74) is -4.67. The van der Waals surface area contributed by atoms with Gasteiger partial charge in [-0.2, -0.15) is 0 Å². The molecule has 0 aliphatic carbocycles. The first-order valence-corrected chi connectivity index (χ1v) is 14.1. The molecule has 3 N–H and O–H groups in total. The standard InChI is InChI=1S/C24H25F2N2O10PS/c1-33-14-3-7-16(8-4-14)37-39(40,38-17-9-5-15(34-2)6-10-17)35-13-24(22(25)26)20(31)19(30)21(36-24)28-12-11-18(29)27-23(28)32/h3-12,19-22,30-31H,13H2,1-2H3,(H,27,29,32)/t19-,20-,21+,24+/m0/s1. The fourth-order valence-corrected chi connectivity index (χ4v) is 5.74. The molecule has 0 amide bonds. The molecule has 4 rings (SSSR count). The summed E-state index contributed by atoms with van der Waals surface area (Å²) in [6.07, 6.45) is -8.55. The molecule has 0 saturated carbocycles. The SMILES string of the molecule is COc1ccc(OP(=S)(OC[C@@]2(C(F)F)O[C@@H](n3ccc(=O)[nH]c3=O)[C@@H](O)[C@@H]2O)Oc2ccc(OC)cc2)cc1. The van der Waals surface area contributed by atoms with Gasteiger partial charge < -0.3 is 33.5 Å². The fourth-order valence-electron chi connectivity index (χ4n) is 3.80. The quantitative estimate of drug-likeness (QED) is 0.277. The number of aromatic nitrogens is 2. The van der Waals surface area contributed by atoms with E-state index in [4.69, 9.17) is 39.6 Å². The van der Waals surface area contributed by atoms with Crippen molar-refractivity contribution >= 4 is 18.5 Å². The van der Waals surface area contributed by atoms with Crippen LogP contribution in [0, 0.1) is 0 Å². The molecule has 3 aromatic rings. The number of benzene rings is 2. The Bertz CT molecular complexity index is 1420. The lowest BCUT2D eigenvalue weighted by Crippen LogP contribution is -2.52. The van der Waals surface area contributed by atoms with Gasteiger partial charge in [0.15, 0.2) is 11.8 Å². The highest BCUT2D eigenvalue weighted by Gasteiger charge is 2.61. The van der Waals surface area contributed by atoms with Gasteiger partial charge >= 0.3 is 12.4 Å². The summed E-state index contributed by atoms with van der Waals surface area (Å²) in [7, 11) is 2.94. The van der Waals surface area contributed by atoms with Crippen molar-refractivity contribution in [1.82, 2.24) is 9.55 Å². The number of ether oxygens (including phenoxy) is 3. The van der Waals surface area contributed by atoms with Crippen LogP contribution in [0.1, 0.15) is 6.23 Å². The normalized spacial score (nSPS) is 22.7. The van der Waals surface area contributed by atoms with E-state index in [-0.39, 0.29) is 11.5 Å². The van der Waals surface area contributed by atoms with Crippen molar-refractivity contribution in [1.29, 1.82) is 0 Å². The number of aromatic amines is 1. The van der Waals surface area contributed by atoms with E-state index < -0.39 is 55.0 Å². The van der Waals surface area contributed by atoms with Crippen LogP contribution < -0.4 is 29.8 Å². The molecular formula is C24H25F2N2O10PS. The predicted molar refractivity (Wildman–Crippen MR) is 140 cm³/mol. The summed E-state index contributed by atoms with van der Waals surface area (Å²) >= 11 is 5.53. The zero-order chi connectivity index (χ0) is 29.1. The van der Waals surface area contributed by atoms with E-state index in [0.717, 1.165) is 12.3 Å². The van der Waals surface area contributed by atoms with E-state index in [1.165, 1.54) is 38.5 Å². The van der Waals surface area contributed by atoms with Gasteiger partial charge in [-0.05, 0) is 48.5 Å². The van der Waals surface area contributed by atoms with Crippen LogP contribution in [0.4, 0.5) is 8.78 Å². The van der Waals surface area contributed by atoms with Crippen LogP contribution in [0.5, 0.6) is 23.0 Å². The Morgan fingerprint density at radius 1 is 0.975 bits per heavy atom. The molecule has 40 heavy (non-hydrogen) atoms. The third kappa shape index (κ3) is 6.19. The van der Waals surface area contributed by atoms with Gasteiger partial charge in [-0.15, -0.1) is 0 Å². The van der Waals surface area contributed by atoms with E-state index >= 15 is 0 Å². The monoisotopic (exact) mass is 602 g/mol. The maximum atomic E-state index is 14.5. The molecule has 0 unspecified atom stereocenters. The summed E-state index contributed by atoms with van der Waals surface area (Å²) in [4.78, 5) is 25.6. The van der Waals surface area contributed by atoms with Gasteiger partial charge in [0.2, 0.25) is 0 Å². The largest absolute Gasteiger partial charge is 0.497 e. The van der Waals surface area contributed by atoms with E-state index in [9.17, 15) is 28.6 Å². The Kier molecular flexibility index (Phi) is 8.93. The number of rotatable bonds is 11. The Labute approximate surface area is 230 Å². The van der Waals surface area contributed by atoms with Crippen molar-refractivity contribution in [3.05, 3.63) is 81.6 Å². The maximum absolute atomic E-state index is 14.5. The van der Waals surface area contributed by atoms with Crippen LogP contribution in [0.3, 0.4) is 0 Å². The van der Waals surface area contributed by atoms with Gasteiger partial charge in [0.25, 0.3) is 12.0 Å². The van der Waals surface area contributed by atoms with Crippen molar-refractivity contribution in [3.63, 3.8) is 0 Å². The van der Waals surface area contributed by atoms with E-state index in [1.807, 2.05) is 4.98 Å². The van der Waals surface area contributed by atoms with E-state index in [2.05, 4.69) is 0 Å². The first kappa shape index (κ1) is 29.6. The van der Waals surface area contributed by atoms with E-state index in [1.54, 1.807) is 24.3 Å². The second-order valence-electron chi connectivity index (χ2n) is 8.47. The molecule has 0 radical (unpaired) electrons. The third-order valence-electron chi connectivity index (χ3n) is 5.95. The number of hydrogen-bond acceptors (Lipinski definition) is 11. The van der Waals surface area contributed by atoms with Crippen molar-refractivity contribution in [2.75, 3.05) is 20.8 Å². The number of H-pyrrole nitrogens is 1. The van der Waals surface area contributed by atoms with E-state index in [0.29, 0.717) is 16.1 Å². The van der Waals surface area contributed by atoms with Crippen LogP contribution >= 0.6 is 6.72 Å². The zero-order valence-electron chi connectivity index (χ0n) is 21.0. The van der Waals surface area contributed by atoms with Crippen molar-refractivity contribution in [2.24, 2.45) is 0 Å². The van der Waals surface area contributed by atoms with Crippen LogP contribution in [0.2, 0.25) is 0 Å². The summed E-state index contributed by atoms with van der Waals surface area (Å²) < 4.78 is 62.6. The lowest BCUT2D eigenvalue weighted by molar-refractivity contribution is -0.192. The van der Waals surface area contributed by atoms with Gasteiger partial charge in [0.1, 0.15) is 35.2 Å². The zero-order valence-corrected chi connectivity index (χ0v) is 22.7. The minimum atomic E-state index is -3.97. The van der Waals surface area contributed by atoms with Gasteiger partial charge in [-0.1, -0.05) is 0 Å². The van der Waals surface area contributed by atoms with Crippen molar-refractivity contribution < 1.29 is 46.8 Å². The summed E-state index contributed by atoms with van der Waals surface area (Å²) in [5.74, 6) is 1.34. The fraction of sp³-hybridized carbons (Fsp3) is 0.333. The second kappa shape index (κ2) is 12.0. The highest BCUT2D eigenvalue weighted by Crippen LogP contribution is 2.52. The molecule has 1 fully saturated rings. The van der Waals surface area contributed by atoms with Crippen LogP contribution in [0.25, 0.3) is 0 Å². The molecule has 1 aliphatic heterocycles. The molecule has 2 aromatic carbocycles. The molecule has 0 spiro atoms.